The van der Waals surface area contributed by atoms with Crippen LogP contribution >= 0.6 is 0 Å². The second-order valence-corrected chi connectivity index (χ2v) is 4.37. The Labute approximate surface area is 90.7 Å². The summed E-state index contributed by atoms with van der Waals surface area (Å²) in [7, 11) is 1.88. The van der Waals surface area contributed by atoms with Gasteiger partial charge in [0, 0.05) is 26.2 Å². The third kappa shape index (κ3) is 2.03. The maximum atomic E-state index is 4.31. The van der Waals surface area contributed by atoms with Crippen molar-refractivity contribution in [3.8, 4) is 0 Å². The van der Waals surface area contributed by atoms with Gasteiger partial charge in [0.1, 0.15) is 18.0 Å². The lowest BCUT2D eigenvalue weighted by molar-refractivity contribution is 0.494. The molecule has 0 aromatic carbocycles. The van der Waals surface area contributed by atoms with Gasteiger partial charge in [0.05, 0.1) is 0 Å². The molecule has 0 spiro atoms. The summed E-state index contributed by atoms with van der Waals surface area (Å²) in [5, 5.41) is 3.04. The van der Waals surface area contributed by atoms with E-state index in [0.717, 1.165) is 36.6 Å². The van der Waals surface area contributed by atoms with Crippen molar-refractivity contribution in [1.29, 1.82) is 0 Å². The molecule has 82 valence electrons. The minimum Gasteiger partial charge on any atom is -0.373 e. The SMILES string of the molecule is CNc1cc(N2CC(C)C(C)C2)ncn1. The van der Waals surface area contributed by atoms with E-state index in [1.54, 1.807) is 6.33 Å². The summed E-state index contributed by atoms with van der Waals surface area (Å²) in [5.41, 5.74) is 0. The zero-order chi connectivity index (χ0) is 10.8. The molecule has 2 unspecified atom stereocenters. The number of rotatable bonds is 2. The highest BCUT2D eigenvalue weighted by Crippen LogP contribution is 2.26. The van der Waals surface area contributed by atoms with E-state index in [4.69, 9.17) is 0 Å². The van der Waals surface area contributed by atoms with Crippen LogP contribution in [0.4, 0.5) is 11.6 Å². The van der Waals surface area contributed by atoms with Gasteiger partial charge in [0.2, 0.25) is 0 Å². The second kappa shape index (κ2) is 4.04. The average molecular weight is 206 g/mol. The minimum absolute atomic E-state index is 0.748. The van der Waals surface area contributed by atoms with E-state index in [1.807, 2.05) is 13.1 Å². The van der Waals surface area contributed by atoms with Gasteiger partial charge < -0.3 is 10.2 Å². The minimum atomic E-state index is 0.748. The van der Waals surface area contributed by atoms with Gasteiger partial charge in [-0.05, 0) is 11.8 Å². The molecular weight excluding hydrogens is 188 g/mol. The molecule has 0 radical (unpaired) electrons. The van der Waals surface area contributed by atoms with Crippen LogP contribution in [0.3, 0.4) is 0 Å². The van der Waals surface area contributed by atoms with E-state index in [2.05, 4.69) is 34.0 Å². The number of nitrogens with zero attached hydrogens (tertiary/aromatic N) is 3. The van der Waals surface area contributed by atoms with Gasteiger partial charge in [-0.3, -0.25) is 0 Å². The van der Waals surface area contributed by atoms with Crippen LogP contribution in [0.2, 0.25) is 0 Å². The van der Waals surface area contributed by atoms with Crippen molar-refractivity contribution in [3.63, 3.8) is 0 Å². The summed E-state index contributed by atoms with van der Waals surface area (Å²) in [5.74, 6) is 3.41. The Bertz CT molecular complexity index is 329. The van der Waals surface area contributed by atoms with E-state index < -0.39 is 0 Å². The van der Waals surface area contributed by atoms with Crippen molar-refractivity contribution in [2.24, 2.45) is 11.8 Å². The van der Waals surface area contributed by atoms with Gasteiger partial charge in [0.15, 0.2) is 0 Å². The molecular formula is C11H18N4. The monoisotopic (exact) mass is 206 g/mol. The molecule has 2 heterocycles. The molecule has 0 aliphatic carbocycles. The van der Waals surface area contributed by atoms with Gasteiger partial charge in [-0.15, -0.1) is 0 Å². The summed E-state index contributed by atoms with van der Waals surface area (Å²) in [4.78, 5) is 10.8. The van der Waals surface area contributed by atoms with E-state index in [9.17, 15) is 0 Å². The molecule has 1 N–H and O–H groups in total. The molecule has 2 atom stereocenters. The summed E-state index contributed by atoms with van der Waals surface area (Å²) >= 11 is 0. The summed E-state index contributed by atoms with van der Waals surface area (Å²) in [6.45, 7) is 6.79. The number of nitrogens with one attached hydrogen (secondary N) is 1. The summed E-state index contributed by atoms with van der Waals surface area (Å²) in [6, 6.07) is 2.00. The molecule has 1 aliphatic heterocycles. The highest BCUT2D eigenvalue weighted by atomic mass is 15.2. The van der Waals surface area contributed by atoms with Crippen molar-refractivity contribution >= 4 is 11.6 Å². The van der Waals surface area contributed by atoms with Gasteiger partial charge >= 0.3 is 0 Å². The summed E-state index contributed by atoms with van der Waals surface area (Å²) in [6.07, 6.45) is 1.62. The maximum absolute atomic E-state index is 4.31. The first-order valence-corrected chi connectivity index (χ1v) is 5.45. The van der Waals surface area contributed by atoms with Gasteiger partial charge in [-0.25, -0.2) is 9.97 Å². The second-order valence-electron chi connectivity index (χ2n) is 4.37. The lowest BCUT2D eigenvalue weighted by Gasteiger charge is -2.17. The molecule has 15 heavy (non-hydrogen) atoms. The van der Waals surface area contributed by atoms with E-state index in [1.165, 1.54) is 0 Å². The van der Waals surface area contributed by atoms with E-state index >= 15 is 0 Å². The number of anilines is 2. The third-order valence-electron chi connectivity index (χ3n) is 3.22. The molecule has 4 heteroatoms. The molecule has 1 aliphatic rings. The van der Waals surface area contributed by atoms with Gasteiger partial charge in [-0.2, -0.15) is 0 Å². The topological polar surface area (TPSA) is 41.0 Å². The quantitative estimate of drug-likeness (QED) is 0.798. The van der Waals surface area contributed by atoms with Crippen molar-refractivity contribution in [1.82, 2.24) is 9.97 Å². The van der Waals surface area contributed by atoms with E-state index in [-0.39, 0.29) is 0 Å². The first-order chi connectivity index (χ1) is 7.20. The van der Waals surface area contributed by atoms with Crippen molar-refractivity contribution in [3.05, 3.63) is 12.4 Å². The van der Waals surface area contributed by atoms with Crippen LogP contribution in [0.1, 0.15) is 13.8 Å². The molecule has 0 bridgehead atoms. The zero-order valence-corrected chi connectivity index (χ0v) is 9.57. The predicted molar refractivity (Wildman–Crippen MR) is 62.1 cm³/mol. The van der Waals surface area contributed by atoms with Crippen molar-refractivity contribution < 1.29 is 0 Å². The Morgan fingerprint density at radius 3 is 2.53 bits per heavy atom. The standard InChI is InChI=1S/C11H18N4/c1-8-5-15(6-9(8)2)11-4-10(12-3)13-7-14-11/h4,7-9H,5-6H2,1-3H3,(H,12,13,14). The van der Waals surface area contributed by atoms with Crippen LogP contribution < -0.4 is 10.2 Å². The number of hydrogen-bond donors (Lipinski definition) is 1. The van der Waals surface area contributed by atoms with E-state index in [0.29, 0.717) is 0 Å². The highest BCUT2D eigenvalue weighted by molar-refractivity contribution is 5.48. The Balaban J connectivity index is 2.16. The molecule has 1 saturated heterocycles. The summed E-state index contributed by atoms with van der Waals surface area (Å²) < 4.78 is 0. The molecule has 4 nitrogen and oxygen atoms in total. The molecule has 1 aromatic heterocycles. The highest BCUT2D eigenvalue weighted by Gasteiger charge is 2.26. The van der Waals surface area contributed by atoms with Crippen LogP contribution in [0.25, 0.3) is 0 Å². The van der Waals surface area contributed by atoms with Gasteiger partial charge in [0.25, 0.3) is 0 Å². The fraction of sp³-hybridized carbons (Fsp3) is 0.636. The molecule has 1 fully saturated rings. The first-order valence-electron chi connectivity index (χ1n) is 5.45. The maximum Gasteiger partial charge on any atom is 0.134 e. The Kier molecular flexibility index (Phi) is 2.75. The normalized spacial score (nSPS) is 25.7. The molecule has 1 aromatic rings. The fourth-order valence-corrected chi connectivity index (χ4v) is 1.97. The Hall–Kier alpha value is -1.32. The fourth-order valence-electron chi connectivity index (χ4n) is 1.97. The third-order valence-corrected chi connectivity index (χ3v) is 3.22. The van der Waals surface area contributed by atoms with Crippen LogP contribution in [0.5, 0.6) is 0 Å². The Morgan fingerprint density at radius 1 is 1.27 bits per heavy atom. The lowest BCUT2D eigenvalue weighted by Crippen LogP contribution is -2.21. The largest absolute Gasteiger partial charge is 0.373 e. The van der Waals surface area contributed by atoms with Crippen LogP contribution in [0.15, 0.2) is 12.4 Å². The lowest BCUT2D eigenvalue weighted by atomic mass is 10.0. The molecule has 2 rings (SSSR count). The smallest absolute Gasteiger partial charge is 0.134 e. The van der Waals surface area contributed by atoms with Crippen molar-refractivity contribution in [2.45, 2.75) is 13.8 Å². The van der Waals surface area contributed by atoms with Crippen molar-refractivity contribution in [2.75, 3.05) is 30.4 Å². The van der Waals surface area contributed by atoms with Gasteiger partial charge in [-0.1, -0.05) is 13.8 Å². The van der Waals surface area contributed by atoms with Crippen LogP contribution in [-0.4, -0.2) is 30.1 Å². The number of aromatic nitrogens is 2. The van der Waals surface area contributed by atoms with Crippen LogP contribution in [-0.2, 0) is 0 Å². The predicted octanol–water partition coefficient (Wildman–Crippen LogP) is 1.61. The van der Waals surface area contributed by atoms with Crippen LogP contribution in [0, 0.1) is 11.8 Å². The zero-order valence-electron chi connectivity index (χ0n) is 9.57. The number of hydrogen-bond acceptors (Lipinski definition) is 4. The molecule has 0 saturated carbocycles. The molecule has 0 amide bonds. The first kappa shape index (κ1) is 10.2. The Morgan fingerprint density at radius 2 is 1.93 bits per heavy atom. The average Bonchev–Trinajstić information content (AvgIpc) is 2.59.